The summed E-state index contributed by atoms with van der Waals surface area (Å²) in [5, 5.41) is 4.31. The van der Waals surface area contributed by atoms with Gasteiger partial charge in [-0.3, -0.25) is 14.4 Å². The molecule has 0 aromatic carbocycles. The zero-order valence-corrected chi connectivity index (χ0v) is 17.8. The van der Waals surface area contributed by atoms with Crippen LogP contribution in [-0.2, 0) is 18.4 Å². The molecule has 1 amide bonds. The lowest BCUT2D eigenvalue weighted by molar-refractivity contribution is -0.136. The second-order valence-corrected chi connectivity index (χ2v) is 9.68. The van der Waals surface area contributed by atoms with Crippen LogP contribution < -0.4 is 0 Å². The fourth-order valence-electron chi connectivity index (χ4n) is 5.24. The van der Waals surface area contributed by atoms with E-state index in [9.17, 15) is 4.79 Å². The maximum Gasteiger partial charge on any atom is 0.230 e. The van der Waals surface area contributed by atoms with E-state index in [0.717, 1.165) is 50.8 Å². The molecule has 7 nitrogen and oxygen atoms in total. The van der Waals surface area contributed by atoms with Gasteiger partial charge in [0.1, 0.15) is 0 Å². The van der Waals surface area contributed by atoms with Crippen molar-refractivity contribution < 1.29 is 4.79 Å². The van der Waals surface area contributed by atoms with Crippen LogP contribution >= 0.6 is 0 Å². The highest BCUT2D eigenvalue weighted by molar-refractivity contribution is 5.86. The molecule has 0 bridgehead atoms. The maximum atomic E-state index is 13.7. The molecule has 5 rings (SSSR count). The lowest BCUT2D eigenvalue weighted by Gasteiger charge is -2.28. The monoisotopic (exact) mass is 396 g/mol. The Morgan fingerprint density at radius 2 is 2.10 bits per heavy atom. The summed E-state index contributed by atoms with van der Waals surface area (Å²) in [6, 6.07) is 0.380. The van der Waals surface area contributed by atoms with Gasteiger partial charge in [0, 0.05) is 69.7 Å². The number of hydrogen-bond donors (Lipinski definition) is 0. The molecule has 1 aliphatic carbocycles. The molecule has 2 aliphatic heterocycles. The fourth-order valence-corrected chi connectivity index (χ4v) is 5.24. The van der Waals surface area contributed by atoms with Crippen molar-refractivity contribution in [1.29, 1.82) is 0 Å². The molecular weight excluding hydrogens is 364 g/mol. The van der Waals surface area contributed by atoms with Gasteiger partial charge in [-0.1, -0.05) is 0 Å². The third-order valence-corrected chi connectivity index (χ3v) is 7.07. The Morgan fingerprint density at radius 1 is 1.28 bits per heavy atom. The van der Waals surface area contributed by atoms with E-state index in [1.807, 2.05) is 24.3 Å². The summed E-state index contributed by atoms with van der Waals surface area (Å²) < 4.78 is 4.01. The van der Waals surface area contributed by atoms with Crippen LogP contribution in [0.25, 0.3) is 0 Å². The van der Waals surface area contributed by atoms with E-state index in [1.54, 1.807) is 0 Å². The van der Waals surface area contributed by atoms with Crippen molar-refractivity contribution >= 4 is 5.91 Å². The summed E-state index contributed by atoms with van der Waals surface area (Å²) in [4.78, 5) is 23.0. The van der Waals surface area contributed by atoms with Gasteiger partial charge in [-0.05, 0) is 39.0 Å². The summed E-state index contributed by atoms with van der Waals surface area (Å²) in [6.45, 7) is 8.74. The Hall–Kier alpha value is -2.15. The van der Waals surface area contributed by atoms with Crippen LogP contribution in [-0.4, -0.2) is 61.2 Å². The average Bonchev–Trinajstić information content (AvgIpc) is 3.02. The summed E-state index contributed by atoms with van der Waals surface area (Å²) in [6.07, 6.45) is 11.6. The first-order chi connectivity index (χ1) is 13.9. The predicted molar refractivity (Wildman–Crippen MR) is 110 cm³/mol. The van der Waals surface area contributed by atoms with E-state index in [0.29, 0.717) is 11.9 Å². The average molecular weight is 397 g/mol. The normalized spacial score (nSPS) is 27.8. The molecule has 4 heterocycles. The predicted octanol–water partition coefficient (Wildman–Crippen LogP) is 2.43. The molecule has 156 valence electrons. The van der Waals surface area contributed by atoms with E-state index in [4.69, 9.17) is 4.98 Å². The Kier molecular flexibility index (Phi) is 4.53. The molecule has 2 saturated heterocycles. The van der Waals surface area contributed by atoms with Crippen molar-refractivity contribution in [3.05, 3.63) is 36.2 Å². The molecule has 2 aromatic rings. The van der Waals surface area contributed by atoms with Gasteiger partial charge in [-0.2, -0.15) is 5.10 Å². The minimum Gasteiger partial charge on any atom is -0.342 e. The zero-order chi connectivity index (χ0) is 20.2. The van der Waals surface area contributed by atoms with Gasteiger partial charge in [0.25, 0.3) is 0 Å². The van der Waals surface area contributed by atoms with Gasteiger partial charge in [-0.25, -0.2) is 4.98 Å². The first kappa shape index (κ1) is 18.9. The smallest absolute Gasteiger partial charge is 0.230 e. The number of amides is 1. The van der Waals surface area contributed by atoms with Crippen LogP contribution in [0.5, 0.6) is 0 Å². The molecule has 0 radical (unpaired) electrons. The Morgan fingerprint density at radius 3 is 2.76 bits per heavy atom. The summed E-state index contributed by atoms with van der Waals surface area (Å²) in [5.74, 6) is 1.26. The highest BCUT2D eigenvalue weighted by Crippen LogP contribution is 2.50. The van der Waals surface area contributed by atoms with Gasteiger partial charge in [0.2, 0.25) is 5.91 Å². The topological polar surface area (TPSA) is 59.2 Å². The molecule has 0 N–H and O–H groups in total. The molecule has 0 unspecified atom stereocenters. The molecule has 2 atom stereocenters. The number of likely N-dealkylation sites (tertiary alicyclic amines) is 2. The van der Waals surface area contributed by atoms with Crippen molar-refractivity contribution in [2.24, 2.45) is 18.4 Å². The Bertz CT molecular complexity index is 897. The molecule has 7 heteroatoms. The molecular formula is C22H32N6O. The number of hydrogen-bond acceptors (Lipinski definition) is 4. The first-order valence-electron chi connectivity index (χ1n) is 11.0. The van der Waals surface area contributed by atoms with Gasteiger partial charge < -0.3 is 9.47 Å². The lowest BCUT2D eigenvalue weighted by Crippen LogP contribution is -2.40. The highest BCUT2D eigenvalue weighted by Gasteiger charge is 2.58. The van der Waals surface area contributed by atoms with Crippen molar-refractivity contribution in [3.63, 3.8) is 0 Å². The number of nitrogens with zero attached hydrogens (tertiary/aromatic N) is 6. The van der Waals surface area contributed by atoms with Crippen LogP contribution in [0, 0.1) is 11.3 Å². The number of imidazole rings is 1. The van der Waals surface area contributed by atoms with E-state index in [1.165, 1.54) is 18.4 Å². The maximum absolute atomic E-state index is 13.7. The third-order valence-electron chi connectivity index (χ3n) is 7.07. The number of aromatic nitrogens is 4. The van der Waals surface area contributed by atoms with Crippen molar-refractivity contribution in [1.82, 2.24) is 29.1 Å². The van der Waals surface area contributed by atoms with Crippen LogP contribution in [0.1, 0.15) is 56.3 Å². The molecule has 1 spiro atoms. The lowest BCUT2D eigenvalue weighted by atomic mass is 9.75. The van der Waals surface area contributed by atoms with Crippen molar-refractivity contribution in [2.45, 2.75) is 51.6 Å². The van der Waals surface area contributed by atoms with Gasteiger partial charge in [0.15, 0.2) is 0 Å². The summed E-state index contributed by atoms with van der Waals surface area (Å²) >= 11 is 0. The van der Waals surface area contributed by atoms with E-state index in [-0.39, 0.29) is 11.3 Å². The summed E-state index contributed by atoms with van der Waals surface area (Å²) in [5.41, 5.74) is 1.96. The largest absolute Gasteiger partial charge is 0.342 e. The van der Waals surface area contributed by atoms with Crippen molar-refractivity contribution in [2.75, 3.05) is 26.2 Å². The minimum atomic E-state index is -0.326. The fraction of sp³-hybridized carbons (Fsp3) is 0.682. The van der Waals surface area contributed by atoms with Crippen molar-refractivity contribution in [3.8, 4) is 0 Å². The molecule has 3 fully saturated rings. The summed E-state index contributed by atoms with van der Waals surface area (Å²) in [7, 11) is 1.95. The zero-order valence-electron chi connectivity index (χ0n) is 17.8. The highest BCUT2D eigenvalue weighted by atomic mass is 16.2. The second-order valence-electron chi connectivity index (χ2n) is 9.68. The van der Waals surface area contributed by atoms with Crippen LogP contribution in [0.4, 0.5) is 0 Å². The Labute approximate surface area is 172 Å². The first-order valence-corrected chi connectivity index (χ1v) is 11.0. The number of carbonyl (C=O) groups excluding carboxylic acids is 1. The molecule has 1 saturated carbocycles. The molecule has 3 aliphatic rings. The minimum absolute atomic E-state index is 0.163. The number of rotatable bonds is 6. The van der Waals surface area contributed by atoms with E-state index in [2.05, 4.69) is 45.7 Å². The molecule has 2 aromatic heterocycles. The SMILES string of the molecule is CC(C)n1cnc([C@H]2CN(Cc3cnn(C)c3)C[C@]23CCN(CC2CC2)C3=O)c1. The quantitative estimate of drug-likeness (QED) is 0.752. The van der Waals surface area contributed by atoms with E-state index < -0.39 is 0 Å². The number of carbonyl (C=O) groups is 1. The van der Waals surface area contributed by atoms with Crippen LogP contribution in [0.15, 0.2) is 24.9 Å². The number of aryl methyl sites for hydroxylation is 1. The van der Waals surface area contributed by atoms with Crippen LogP contribution in [0.2, 0.25) is 0 Å². The van der Waals surface area contributed by atoms with E-state index >= 15 is 0 Å². The van der Waals surface area contributed by atoms with Gasteiger partial charge >= 0.3 is 0 Å². The van der Waals surface area contributed by atoms with Gasteiger partial charge in [0.05, 0.1) is 23.6 Å². The second kappa shape index (κ2) is 6.97. The van der Waals surface area contributed by atoms with Crippen LogP contribution in [0.3, 0.4) is 0 Å². The Balaban J connectivity index is 1.43. The van der Waals surface area contributed by atoms with Gasteiger partial charge in [-0.15, -0.1) is 0 Å². The third kappa shape index (κ3) is 3.39. The standard InChI is InChI=1S/C22H32N6O/c1-16(2)28-13-20(23-15-28)19-12-26(10-18-8-24-25(3)9-18)14-22(19)6-7-27(21(22)29)11-17-4-5-17/h8-9,13,15-17,19H,4-7,10-12,14H2,1-3H3/t19-,22-/m1/s1. The molecule has 29 heavy (non-hydrogen) atoms.